The number of methoxy groups -OCH3 is 1. The number of likely N-dealkylation sites (tertiary alicyclic amines) is 1. The van der Waals surface area contributed by atoms with E-state index >= 15 is 0 Å². The highest BCUT2D eigenvalue weighted by Gasteiger charge is 2.47. The van der Waals surface area contributed by atoms with Crippen molar-refractivity contribution in [3.63, 3.8) is 0 Å². The van der Waals surface area contributed by atoms with Crippen molar-refractivity contribution in [2.24, 2.45) is 0 Å². The van der Waals surface area contributed by atoms with E-state index in [1.54, 1.807) is 29.8 Å². The van der Waals surface area contributed by atoms with Gasteiger partial charge in [0.05, 0.1) is 6.10 Å². The first kappa shape index (κ1) is 14.2. The van der Waals surface area contributed by atoms with Gasteiger partial charge in [-0.25, -0.2) is 0 Å². The zero-order valence-corrected chi connectivity index (χ0v) is 13.3. The number of nitrogens with zero attached hydrogens (tertiary/aromatic N) is 1. The first-order valence-electron chi connectivity index (χ1n) is 6.67. The van der Waals surface area contributed by atoms with Gasteiger partial charge in [-0.05, 0) is 47.1 Å². The van der Waals surface area contributed by atoms with Crippen LogP contribution in [-0.4, -0.2) is 42.9 Å². The Balaban J connectivity index is 2.03. The summed E-state index contributed by atoms with van der Waals surface area (Å²) in [5, 5.41) is 19.7. The third-order valence-electron chi connectivity index (χ3n) is 4.25. The number of ether oxygens (including phenoxy) is 1. The molecule has 2 unspecified atom stereocenters. The minimum atomic E-state index is -0.956. The quantitative estimate of drug-likeness (QED) is 0.942. The predicted molar refractivity (Wildman–Crippen MR) is 83.5 cm³/mol. The maximum atomic E-state index is 11.5. The number of likely N-dealkylation sites (N-methyl/N-ethyl adjacent to an activating group) is 1. The molecule has 1 saturated heterocycles. The molecule has 2 aromatic rings. The molecule has 5 heteroatoms. The standard InChI is InChI=1S/C15H19NO2S2/c1-16-8-13(18-2)7-14(16)15(17,11-3-5-19-9-11)12-4-6-20-10-12/h3-6,9-10,13-14,17H,7-8H2,1-2H3. The molecule has 3 nitrogen and oxygen atoms in total. The maximum Gasteiger partial charge on any atom is 0.132 e. The van der Waals surface area contributed by atoms with Crippen molar-refractivity contribution in [3.05, 3.63) is 44.8 Å². The van der Waals surface area contributed by atoms with Gasteiger partial charge in [-0.15, -0.1) is 0 Å². The molecule has 0 bridgehead atoms. The molecule has 0 amide bonds. The van der Waals surface area contributed by atoms with Crippen LogP contribution in [0.1, 0.15) is 17.5 Å². The Kier molecular flexibility index (Phi) is 3.97. The molecule has 20 heavy (non-hydrogen) atoms. The van der Waals surface area contributed by atoms with Crippen LogP contribution in [0.15, 0.2) is 33.7 Å². The SMILES string of the molecule is COC1CC(C(O)(c2ccsc2)c2ccsc2)N(C)C1. The summed E-state index contributed by atoms with van der Waals surface area (Å²) in [5.41, 5.74) is 1.01. The highest BCUT2D eigenvalue weighted by Crippen LogP contribution is 2.41. The minimum absolute atomic E-state index is 0.0386. The van der Waals surface area contributed by atoms with Crippen LogP contribution in [0.2, 0.25) is 0 Å². The number of hydrogen-bond donors (Lipinski definition) is 1. The van der Waals surface area contributed by atoms with E-state index in [1.165, 1.54) is 0 Å². The Morgan fingerprint density at radius 2 is 1.85 bits per heavy atom. The molecule has 0 radical (unpaired) electrons. The Morgan fingerprint density at radius 1 is 1.25 bits per heavy atom. The molecule has 1 aliphatic heterocycles. The minimum Gasteiger partial charge on any atom is -0.380 e. The van der Waals surface area contributed by atoms with Crippen molar-refractivity contribution < 1.29 is 9.84 Å². The van der Waals surface area contributed by atoms with Gasteiger partial charge in [0.2, 0.25) is 0 Å². The van der Waals surface area contributed by atoms with Crippen molar-refractivity contribution in [3.8, 4) is 0 Å². The largest absolute Gasteiger partial charge is 0.380 e. The van der Waals surface area contributed by atoms with Crippen LogP contribution in [0.3, 0.4) is 0 Å². The molecule has 0 aliphatic carbocycles. The normalized spacial score (nSPS) is 24.4. The molecule has 0 saturated carbocycles. The first-order chi connectivity index (χ1) is 9.66. The Morgan fingerprint density at radius 3 is 2.25 bits per heavy atom. The molecular formula is C15H19NO2S2. The number of thiophene rings is 2. The van der Waals surface area contributed by atoms with Gasteiger partial charge in [0.15, 0.2) is 0 Å². The van der Waals surface area contributed by atoms with E-state index in [9.17, 15) is 5.11 Å². The lowest BCUT2D eigenvalue weighted by molar-refractivity contribution is 0.00428. The van der Waals surface area contributed by atoms with E-state index < -0.39 is 5.60 Å². The van der Waals surface area contributed by atoms with Crippen molar-refractivity contribution in [2.75, 3.05) is 20.7 Å². The van der Waals surface area contributed by atoms with Crippen LogP contribution >= 0.6 is 22.7 Å². The molecule has 3 rings (SSSR count). The molecule has 108 valence electrons. The fourth-order valence-corrected chi connectivity index (χ4v) is 4.54. The van der Waals surface area contributed by atoms with Crippen molar-refractivity contribution in [1.29, 1.82) is 0 Å². The molecular weight excluding hydrogens is 290 g/mol. The lowest BCUT2D eigenvalue weighted by Crippen LogP contribution is -2.46. The third-order valence-corrected chi connectivity index (χ3v) is 5.61. The van der Waals surface area contributed by atoms with E-state index in [0.29, 0.717) is 0 Å². The van der Waals surface area contributed by atoms with Crippen molar-refractivity contribution in [1.82, 2.24) is 4.90 Å². The second-order valence-corrected chi connectivity index (χ2v) is 6.90. The summed E-state index contributed by atoms with van der Waals surface area (Å²) in [6.07, 6.45) is 1.03. The van der Waals surface area contributed by atoms with Gasteiger partial charge in [0.1, 0.15) is 5.60 Å². The second-order valence-electron chi connectivity index (χ2n) is 5.34. The fourth-order valence-electron chi connectivity index (χ4n) is 3.13. The van der Waals surface area contributed by atoms with E-state index in [1.807, 2.05) is 33.7 Å². The lowest BCUT2D eigenvalue weighted by Gasteiger charge is -2.37. The Bertz CT molecular complexity index is 504. The fraction of sp³-hybridized carbons (Fsp3) is 0.467. The number of rotatable bonds is 4. The third kappa shape index (κ3) is 2.23. The summed E-state index contributed by atoms with van der Waals surface area (Å²) in [4.78, 5) is 2.21. The smallest absolute Gasteiger partial charge is 0.132 e. The van der Waals surface area contributed by atoms with Gasteiger partial charge in [-0.1, -0.05) is 0 Å². The predicted octanol–water partition coefficient (Wildman–Crippen LogP) is 2.76. The molecule has 3 heterocycles. The van der Waals surface area contributed by atoms with E-state index in [-0.39, 0.29) is 12.1 Å². The van der Waals surface area contributed by atoms with Crippen LogP contribution in [0.25, 0.3) is 0 Å². The monoisotopic (exact) mass is 309 g/mol. The molecule has 1 fully saturated rings. The molecule has 0 aromatic carbocycles. The highest BCUT2D eigenvalue weighted by molar-refractivity contribution is 7.08. The molecule has 1 aliphatic rings. The summed E-state index contributed by atoms with van der Waals surface area (Å²) < 4.78 is 5.49. The van der Waals surface area contributed by atoms with Gasteiger partial charge in [0.25, 0.3) is 0 Å². The zero-order chi connectivity index (χ0) is 14.2. The second kappa shape index (κ2) is 5.58. The van der Waals surface area contributed by atoms with Crippen LogP contribution in [0.4, 0.5) is 0 Å². The number of aliphatic hydroxyl groups is 1. The van der Waals surface area contributed by atoms with Crippen LogP contribution in [0.5, 0.6) is 0 Å². The summed E-state index contributed by atoms with van der Waals surface area (Å²) in [5.74, 6) is 0. The van der Waals surface area contributed by atoms with Gasteiger partial charge in [0, 0.05) is 30.8 Å². The summed E-state index contributed by atoms with van der Waals surface area (Å²) in [6, 6.07) is 4.09. The molecule has 1 N–H and O–H groups in total. The first-order valence-corrected chi connectivity index (χ1v) is 8.55. The van der Waals surface area contributed by atoms with E-state index in [0.717, 1.165) is 24.1 Å². The lowest BCUT2D eigenvalue weighted by atomic mass is 9.81. The molecule has 0 spiro atoms. The summed E-state index contributed by atoms with van der Waals surface area (Å²) in [7, 11) is 3.81. The van der Waals surface area contributed by atoms with E-state index in [2.05, 4.69) is 11.9 Å². The van der Waals surface area contributed by atoms with E-state index in [4.69, 9.17) is 4.74 Å². The average Bonchev–Trinajstić information content (AvgIpc) is 3.19. The van der Waals surface area contributed by atoms with Gasteiger partial charge in [-0.2, -0.15) is 22.7 Å². The van der Waals surface area contributed by atoms with Crippen molar-refractivity contribution >= 4 is 22.7 Å². The Labute approximate surface area is 127 Å². The maximum absolute atomic E-state index is 11.5. The summed E-state index contributed by atoms with van der Waals surface area (Å²) in [6.45, 7) is 0.859. The molecule has 2 atom stereocenters. The van der Waals surface area contributed by atoms with Gasteiger partial charge in [-0.3, -0.25) is 4.90 Å². The van der Waals surface area contributed by atoms with Crippen LogP contribution < -0.4 is 0 Å². The highest BCUT2D eigenvalue weighted by atomic mass is 32.1. The Hall–Kier alpha value is -0.720. The number of hydrogen-bond acceptors (Lipinski definition) is 5. The van der Waals surface area contributed by atoms with Gasteiger partial charge >= 0.3 is 0 Å². The zero-order valence-electron chi connectivity index (χ0n) is 11.7. The van der Waals surface area contributed by atoms with Crippen LogP contribution in [0, 0.1) is 0 Å². The summed E-state index contributed by atoms with van der Waals surface area (Å²) >= 11 is 3.25. The topological polar surface area (TPSA) is 32.7 Å². The van der Waals surface area contributed by atoms with Crippen LogP contribution in [-0.2, 0) is 10.3 Å². The molecule has 2 aromatic heterocycles. The average molecular weight is 309 g/mol. The van der Waals surface area contributed by atoms with Crippen molar-refractivity contribution in [2.45, 2.75) is 24.2 Å². The van der Waals surface area contributed by atoms with Gasteiger partial charge < -0.3 is 9.84 Å².